The Bertz CT molecular complexity index is 883. The first-order valence-electron chi connectivity index (χ1n) is 9.24. The predicted molar refractivity (Wildman–Crippen MR) is 104 cm³/mol. The number of hydrogen-bond donors (Lipinski definition) is 1. The lowest BCUT2D eigenvalue weighted by Gasteiger charge is -2.16. The summed E-state index contributed by atoms with van der Waals surface area (Å²) in [4.78, 5) is 39.4. The second kappa shape index (κ2) is 8.16. The summed E-state index contributed by atoms with van der Waals surface area (Å²) in [5, 5.41) is 2.66. The van der Waals surface area contributed by atoms with Crippen LogP contribution >= 0.6 is 0 Å². The highest BCUT2D eigenvalue weighted by molar-refractivity contribution is 6.15. The fourth-order valence-electron chi connectivity index (χ4n) is 3.25. The summed E-state index contributed by atoms with van der Waals surface area (Å²) in [6.07, 6.45) is 2.01. The van der Waals surface area contributed by atoms with E-state index in [0.717, 1.165) is 37.1 Å². The Morgan fingerprint density at radius 1 is 0.926 bits per heavy atom. The van der Waals surface area contributed by atoms with E-state index >= 15 is 0 Å². The van der Waals surface area contributed by atoms with Crippen molar-refractivity contribution in [1.82, 2.24) is 10.2 Å². The Kier molecular flexibility index (Phi) is 5.69. The van der Waals surface area contributed by atoms with E-state index in [-0.39, 0.29) is 23.8 Å². The lowest BCUT2D eigenvalue weighted by atomic mass is 9.95. The minimum absolute atomic E-state index is 0.0506. The highest BCUT2D eigenvalue weighted by atomic mass is 16.2. The average Bonchev–Trinajstić information content (AvgIpc) is 3.22. The van der Waals surface area contributed by atoms with Gasteiger partial charge < -0.3 is 10.2 Å². The molecule has 2 amide bonds. The average molecular weight is 364 g/mol. The normalized spacial score (nSPS) is 13.5. The minimum Gasteiger partial charge on any atom is -0.343 e. The summed E-state index contributed by atoms with van der Waals surface area (Å²) >= 11 is 0. The Hall–Kier alpha value is -2.95. The Morgan fingerprint density at radius 3 is 2.26 bits per heavy atom. The first kappa shape index (κ1) is 18.8. The number of carbonyl (C=O) groups is 3. The van der Waals surface area contributed by atoms with E-state index in [1.807, 2.05) is 26.0 Å². The lowest BCUT2D eigenvalue weighted by Crippen LogP contribution is -2.39. The summed E-state index contributed by atoms with van der Waals surface area (Å²) in [6, 6.07) is 12.2. The van der Waals surface area contributed by atoms with Crippen LogP contribution in [-0.4, -0.2) is 42.1 Å². The molecule has 0 aromatic heterocycles. The summed E-state index contributed by atoms with van der Waals surface area (Å²) in [5.74, 6) is -0.691. The number of benzene rings is 2. The molecule has 3 rings (SSSR count). The molecular formula is C22H24N2O3. The molecule has 27 heavy (non-hydrogen) atoms. The molecule has 1 N–H and O–H groups in total. The second-order valence-corrected chi connectivity index (χ2v) is 6.94. The van der Waals surface area contributed by atoms with Crippen LogP contribution in [0.4, 0.5) is 0 Å². The van der Waals surface area contributed by atoms with Crippen LogP contribution in [0.5, 0.6) is 0 Å². The molecule has 0 spiro atoms. The van der Waals surface area contributed by atoms with Crippen molar-refractivity contribution >= 4 is 17.6 Å². The third kappa shape index (κ3) is 4.25. The van der Waals surface area contributed by atoms with Gasteiger partial charge in [-0.25, -0.2) is 0 Å². The van der Waals surface area contributed by atoms with Gasteiger partial charge in [-0.1, -0.05) is 30.3 Å². The van der Waals surface area contributed by atoms with E-state index in [9.17, 15) is 14.4 Å². The second-order valence-electron chi connectivity index (χ2n) is 6.94. The van der Waals surface area contributed by atoms with Crippen molar-refractivity contribution in [2.45, 2.75) is 26.7 Å². The van der Waals surface area contributed by atoms with Crippen LogP contribution in [-0.2, 0) is 4.79 Å². The zero-order valence-corrected chi connectivity index (χ0v) is 15.7. The maximum Gasteiger partial charge on any atom is 0.252 e. The fraction of sp³-hybridized carbons (Fsp3) is 0.318. The molecule has 1 saturated heterocycles. The molecular weight excluding hydrogens is 340 g/mol. The topological polar surface area (TPSA) is 66.5 Å². The van der Waals surface area contributed by atoms with Crippen molar-refractivity contribution < 1.29 is 14.4 Å². The molecule has 0 bridgehead atoms. The molecule has 0 aliphatic carbocycles. The molecule has 5 nitrogen and oxygen atoms in total. The highest BCUT2D eigenvalue weighted by Crippen LogP contribution is 2.17. The zero-order valence-electron chi connectivity index (χ0n) is 15.7. The van der Waals surface area contributed by atoms with Crippen molar-refractivity contribution in [2.24, 2.45) is 0 Å². The molecule has 1 aliphatic rings. The summed E-state index contributed by atoms with van der Waals surface area (Å²) in [6.45, 7) is 5.38. The molecule has 0 saturated carbocycles. The predicted octanol–water partition coefficient (Wildman–Crippen LogP) is 2.89. The maximum atomic E-state index is 12.9. The van der Waals surface area contributed by atoms with E-state index in [2.05, 4.69) is 5.32 Å². The van der Waals surface area contributed by atoms with Crippen LogP contribution in [0.2, 0.25) is 0 Å². The molecule has 2 aromatic carbocycles. The van der Waals surface area contributed by atoms with Crippen LogP contribution in [0.25, 0.3) is 0 Å². The molecule has 1 aliphatic heterocycles. The summed E-state index contributed by atoms with van der Waals surface area (Å²) < 4.78 is 0. The smallest absolute Gasteiger partial charge is 0.252 e. The van der Waals surface area contributed by atoms with Crippen molar-refractivity contribution in [2.75, 3.05) is 19.6 Å². The maximum absolute atomic E-state index is 12.9. The standard InChI is InChI=1S/C22H24N2O3/c1-15-9-10-17(13-16(15)2)21(26)18-7-3-4-8-19(18)22(27)23-14-20(25)24-11-5-6-12-24/h3-4,7-10,13H,5-6,11-12,14H2,1-2H3,(H,23,27). The third-order valence-electron chi connectivity index (χ3n) is 5.04. The van der Waals surface area contributed by atoms with E-state index in [1.54, 1.807) is 35.2 Å². The van der Waals surface area contributed by atoms with Crippen molar-refractivity contribution in [3.8, 4) is 0 Å². The number of hydrogen-bond acceptors (Lipinski definition) is 3. The monoisotopic (exact) mass is 364 g/mol. The van der Waals surface area contributed by atoms with Gasteiger partial charge in [0.25, 0.3) is 5.91 Å². The van der Waals surface area contributed by atoms with E-state index in [4.69, 9.17) is 0 Å². The molecule has 0 atom stereocenters. The van der Waals surface area contributed by atoms with Crippen LogP contribution in [0.3, 0.4) is 0 Å². The fourth-order valence-corrected chi connectivity index (χ4v) is 3.25. The van der Waals surface area contributed by atoms with Gasteiger partial charge >= 0.3 is 0 Å². The molecule has 2 aromatic rings. The van der Waals surface area contributed by atoms with E-state index in [1.165, 1.54) is 0 Å². The molecule has 1 fully saturated rings. The van der Waals surface area contributed by atoms with Gasteiger partial charge in [-0.05, 0) is 49.9 Å². The van der Waals surface area contributed by atoms with Crippen LogP contribution in [0.1, 0.15) is 50.2 Å². The number of nitrogens with zero attached hydrogens (tertiary/aromatic N) is 1. The summed E-state index contributed by atoms with van der Waals surface area (Å²) in [7, 11) is 0. The molecule has 5 heteroatoms. The summed E-state index contributed by atoms with van der Waals surface area (Å²) in [5.41, 5.74) is 3.31. The van der Waals surface area contributed by atoms with Crippen molar-refractivity contribution in [3.05, 3.63) is 70.3 Å². The van der Waals surface area contributed by atoms with Gasteiger partial charge in [-0.3, -0.25) is 14.4 Å². The first-order valence-corrected chi connectivity index (χ1v) is 9.24. The number of carbonyl (C=O) groups excluding carboxylic acids is 3. The van der Waals surface area contributed by atoms with E-state index in [0.29, 0.717) is 11.1 Å². The number of likely N-dealkylation sites (tertiary alicyclic amines) is 1. The lowest BCUT2D eigenvalue weighted by molar-refractivity contribution is -0.129. The largest absolute Gasteiger partial charge is 0.343 e. The SMILES string of the molecule is Cc1ccc(C(=O)c2ccccc2C(=O)NCC(=O)N2CCCC2)cc1C. The van der Waals surface area contributed by atoms with Crippen molar-refractivity contribution in [1.29, 1.82) is 0 Å². The molecule has 0 radical (unpaired) electrons. The highest BCUT2D eigenvalue weighted by Gasteiger charge is 2.21. The quantitative estimate of drug-likeness (QED) is 0.830. The van der Waals surface area contributed by atoms with Crippen molar-refractivity contribution in [3.63, 3.8) is 0 Å². The Labute approximate surface area is 159 Å². The molecule has 140 valence electrons. The number of ketones is 1. The number of amides is 2. The Balaban J connectivity index is 1.76. The molecule has 0 unspecified atom stereocenters. The third-order valence-corrected chi connectivity index (χ3v) is 5.04. The zero-order chi connectivity index (χ0) is 19.4. The van der Waals surface area contributed by atoms with Gasteiger partial charge in [-0.2, -0.15) is 0 Å². The van der Waals surface area contributed by atoms with Crippen LogP contribution in [0, 0.1) is 13.8 Å². The first-order chi connectivity index (χ1) is 13.0. The number of rotatable bonds is 5. The van der Waals surface area contributed by atoms with Gasteiger partial charge in [0, 0.05) is 24.2 Å². The van der Waals surface area contributed by atoms with Crippen LogP contribution < -0.4 is 5.32 Å². The number of aryl methyl sites for hydroxylation is 2. The van der Waals surface area contributed by atoms with Gasteiger partial charge in [0.05, 0.1) is 12.1 Å². The molecule has 1 heterocycles. The minimum atomic E-state index is -0.407. The van der Waals surface area contributed by atoms with Gasteiger partial charge in [0.2, 0.25) is 5.91 Å². The van der Waals surface area contributed by atoms with Gasteiger partial charge in [0.1, 0.15) is 0 Å². The van der Waals surface area contributed by atoms with E-state index < -0.39 is 5.91 Å². The van der Waals surface area contributed by atoms with Gasteiger partial charge in [-0.15, -0.1) is 0 Å². The van der Waals surface area contributed by atoms with Crippen LogP contribution in [0.15, 0.2) is 42.5 Å². The van der Waals surface area contributed by atoms with Gasteiger partial charge in [0.15, 0.2) is 5.78 Å². The Morgan fingerprint density at radius 2 is 1.59 bits per heavy atom. The number of nitrogens with one attached hydrogen (secondary N) is 1.